The molecule has 0 saturated carbocycles. The molecule has 0 spiro atoms. The molecule has 4 rings (SSSR count). The number of anilines is 1. The van der Waals surface area contributed by atoms with Crippen LogP contribution in [0.15, 0.2) is 47.4 Å². The summed E-state index contributed by atoms with van der Waals surface area (Å²) in [5.41, 5.74) is 1.47. The van der Waals surface area contributed by atoms with Crippen LogP contribution < -0.4 is 5.32 Å². The van der Waals surface area contributed by atoms with Crippen molar-refractivity contribution >= 4 is 36.0 Å². The van der Waals surface area contributed by atoms with Crippen molar-refractivity contribution in [2.45, 2.75) is 23.8 Å². The van der Waals surface area contributed by atoms with Crippen molar-refractivity contribution in [2.75, 3.05) is 18.5 Å². The summed E-state index contributed by atoms with van der Waals surface area (Å²) < 4.78 is 5.53. The Balaban J connectivity index is 1.55. The molecule has 2 aliphatic rings. The second-order valence-electron chi connectivity index (χ2n) is 6.59. The van der Waals surface area contributed by atoms with Gasteiger partial charge in [-0.2, -0.15) is 0 Å². The standard InChI is InChI=1S/C20H18N2O4S/c23-18(21-16-5-1-2-6-17(16)27)12-7-8-14-15(10-12)20(25)22(19(14)24)11-13-4-3-9-26-13/h1-2,5-8,10,13,27H,3-4,9,11H2,(H,21,23)/t13-/m1/s1. The van der Waals surface area contributed by atoms with Gasteiger partial charge in [0.2, 0.25) is 0 Å². The van der Waals surface area contributed by atoms with Crippen LogP contribution in [-0.4, -0.2) is 41.9 Å². The highest BCUT2D eigenvalue weighted by molar-refractivity contribution is 7.80. The Morgan fingerprint density at radius 2 is 1.93 bits per heavy atom. The van der Waals surface area contributed by atoms with E-state index in [0.29, 0.717) is 28.3 Å². The molecular formula is C20H18N2O4S. The van der Waals surface area contributed by atoms with Crippen molar-refractivity contribution < 1.29 is 19.1 Å². The molecule has 6 nitrogen and oxygen atoms in total. The zero-order valence-corrected chi connectivity index (χ0v) is 15.4. The highest BCUT2D eigenvalue weighted by Crippen LogP contribution is 2.27. The van der Waals surface area contributed by atoms with E-state index < -0.39 is 0 Å². The predicted octanol–water partition coefficient (Wildman–Crippen LogP) is 3.00. The van der Waals surface area contributed by atoms with E-state index in [1.54, 1.807) is 24.3 Å². The molecule has 2 heterocycles. The van der Waals surface area contributed by atoms with Gasteiger partial charge in [0.15, 0.2) is 0 Å². The Morgan fingerprint density at radius 1 is 1.15 bits per heavy atom. The highest BCUT2D eigenvalue weighted by Gasteiger charge is 2.37. The van der Waals surface area contributed by atoms with E-state index in [4.69, 9.17) is 4.74 Å². The Morgan fingerprint density at radius 3 is 2.67 bits per heavy atom. The third-order valence-corrected chi connectivity index (χ3v) is 5.19. The van der Waals surface area contributed by atoms with Gasteiger partial charge in [-0.1, -0.05) is 12.1 Å². The number of benzene rings is 2. The average Bonchev–Trinajstić information content (AvgIpc) is 3.26. The fourth-order valence-electron chi connectivity index (χ4n) is 3.36. The number of imide groups is 1. The lowest BCUT2D eigenvalue weighted by Crippen LogP contribution is -2.36. The molecule has 138 valence electrons. The number of thiol groups is 1. The normalized spacial score (nSPS) is 18.7. The lowest BCUT2D eigenvalue weighted by Gasteiger charge is -2.17. The van der Waals surface area contributed by atoms with Crippen molar-refractivity contribution in [1.29, 1.82) is 0 Å². The lowest BCUT2D eigenvalue weighted by atomic mass is 10.1. The maximum atomic E-state index is 12.7. The van der Waals surface area contributed by atoms with Crippen LogP contribution in [0.1, 0.15) is 43.9 Å². The molecule has 0 radical (unpaired) electrons. The molecule has 1 fully saturated rings. The number of nitrogens with one attached hydrogen (secondary N) is 1. The molecule has 2 aliphatic heterocycles. The quantitative estimate of drug-likeness (QED) is 0.630. The SMILES string of the molecule is O=C(Nc1ccccc1S)c1ccc2c(c1)C(=O)N(C[C@H]1CCCO1)C2=O. The summed E-state index contributed by atoms with van der Waals surface area (Å²) >= 11 is 4.31. The lowest BCUT2D eigenvalue weighted by molar-refractivity contribution is 0.0475. The van der Waals surface area contributed by atoms with Crippen LogP contribution in [0, 0.1) is 0 Å². The van der Waals surface area contributed by atoms with Gasteiger partial charge in [0.25, 0.3) is 17.7 Å². The maximum Gasteiger partial charge on any atom is 0.261 e. The van der Waals surface area contributed by atoms with Crippen molar-refractivity contribution in [3.05, 3.63) is 59.2 Å². The molecule has 1 N–H and O–H groups in total. The molecular weight excluding hydrogens is 364 g/mol. The molecule has 2 aromatic carbocycles. The molecule has 0 unspecified atom stereocenters. The first-order valence-electron chi connectivity index (χ1n) is 8.76. The molecule has 3 amide bonds. The number of ether oxygens (including phenoxy) is 1. The van der Waals surface area contributed by atoms with Gasteiger partial charge in [0.05, 0.1) is 29.5 Å². The van der Waals surface area contributed by atoms with E-state index in [1.165, 1.54) is 17.0 Å². The summed E-state index contributed by atoms with van der Waals surface area (Å²) in [6.07, 6.45) is 1.66. The number of rotatable bonds is 4. The zero-order chi connectivity index (χ0) is 19.0. The van der Waals surface area contributed by atoms with Gasteiger partial charge >= 0.3 is 0 Å². The largest absolute Gasteiger partial charge is 0.376 e. The fourth-order valence-corrected chi connectivity index (χ4v) is 3.58. The summed E-state index contributed by atoms with van der Waals surface area (Å²) in [6.45, 7) is 0.908. The van der Waals surface area contributed by atoms with Crippen LogP contribution in [0.25, 0.3) is 0 Å². The number of nitrogens with zero attached hydrogens (tertiary/aromatic N) is 1. The third-order valence-electron chi connectivity index (χ3n) is 4.80. The molecule has 0 aromatic heterocycles. The first-order valence-corrected chi connectivity index (χ1v) is 9.20. The van der Waals surface area contributed by atoms with E-state index in [2.05, 4.69) is 17.9 Å². The summed E-state index contributed by atoms with van der Waals surface area (Å²) in [6, 6.07) is 11.7. The average molecular weight is 382 g/mol. The zero-order valence-electron chi connectivity index (χ0n) is 14.5. The number of fused-ring (bicyclic) bond motifs is 1. The van der Waals surface area contributed by atoms with Crippen molar-refractivity contribution in [1.82, 2.24) is 4.90 Å². The first-order chi connectivity index (χ1) is 13.0. The number of carbonyl (C=O) groups is 3. The summed E-state index contributed by atoms with van der Waals surface area (Å²) in [5.74, 6) is -1.08. The first kappa shape index (κ1) is 17.8. The summed E-state index contributed by atoms with van der Waals surface area (Å²) in [5, 5.41) is 2.77. The van der Waals surface area contributed by atoms with Crippen LogP contribution in [0.5, 0.6) is 0 Å². The Bertz CT molecular complexity index is 937. The number of para-hydroxylation sites is 1. The molecule has 27 heavy (non-hydrogen) atoms. The van der Waals surface area contributed by atoms with Crippen LogP contribution in [0.4, 0.5) is 5.69 Å². The molecule has 2 aromatic rings. The minimum atomic E-state index is -0.380. The van der Waals surface area contributed by atoms with Gasteiger partial charge in [-0.25, -0.2) is 0 Å². The van der Waals surface area contributed by atoms with Crippen molar-refractivity contribution in [2.24, 2.45) is 0 Å². The number of hydrogen-bond acceptors (Lipinski definition) is 5. The molecule has 1 saturated heterocycles. The van der Waals surface area contributed by atoms with Gasteiger partial charge in [0, 0.05) is 17.1 Å². The maximum absolute atomic E-state index is 12.7. The summed E-state index contributed by atoms with van der Waals surface area (Å²) in [7, 11) is 0. The molecule has 0 bridgehead atoms. The smallest absolute Gasteiger partial charge is 0.261 e. The number of carbonyl (C=O) groups excluding carboxylic acids is 3. The van der Waals surface area contributed by atoms with Crippen LogP contribution >= 0.6 is 12.6 Å². The van der Waals surface area contributed by atoms with Crippen LogP contribution in [-0.2, 0) is 4.74 Å². The van der Waals surface area contributed by atoms with Gasteiger partial charge in [-0.3, -0.25) is 19.3 Å². The second kappa shape index (κ2) is 7.17. The topological polar surface area (TPSA) is 75.7 Å². The Kier molecular flexibility index (Phi) is 4.72. The monoisotopic (exact) mass is 382 g/mol. The van der Waals surface area contributed by atoms with Gasteiger partial charge in [-0.05, 0) is 43.2 Å². The highest BCUT2D eigenvalue weighted by atomic mass is 32.1. The van der Waals surface area contributed by atoms with Gasteiger partial charge in [-0.15, -0.1) is 12.6 Å². The van der Waals surface area contributed by atoms with E-state index in [-0.39, 0.29) is 35.9 Å². The van der Waals surface area contributed by atoms with Crippen LogP contribution in [0.3, 0.4) is 0 Å². The predicted molar refractivity (Wildman–Crippen MR) is 102 cm³/mol. The van der Waals surface area contributed by atoms with E-state index in [0.717, 1.165) is 12.8 Å². The number of hydrogen-bond donors (Lipinski definition) is 2. The van der Waals surface area contributed by atoms with Gasteiger partial charge in [0.1, 0.15) is 0 Å². The fraction of sp³-hybridized carbons (Fsp3) is 0.250. The van der Waals surface area contributed by atoms with Crippen molar-refractivity contribution in [3.63, 3.8) is 0 Å². The second-order valence-corrected chi connectivity index (χ2v) is 7.07. The minimum Gasteiger partial charge on any atom is -0.376 e. The van der Waals surface area contributed by atoms with Crippen molar-refractivity contribution in [3.8, 4) is 0 Å². The molecule has 0 aliphatic carbocycles. The van der Waals surface area contributed by atoms with Gasteiger partial charge < -0.3 is 10.1 Å². The van der Waals surface area contributed by atoms with E-state index >= 15 is 0 Å². The molecule has 1 atom stereocenters. The van der Waals surface area contributed by atoms with E-state index in [9.17, 15) is 14.4 Å². The van der Waals surface area contributed by atoms with Crippen LogP contribution in [0.2, 0.25) is 0 Å². The van der Waals surface area contributed by atoms with E-state index in [1.807, 2.05) is 6.07 Å². The number of amides is 3. The Hall–Kier alpha value is -2.64. The molecule has 7 heteroatoms. The minimum absolute atomic E-state index is 0.109. The Labute approximate surface area is 161 Å². The third kappa shape index (κ3) is 3.36. The summed E-state index contributed by atoms with van der Waals surface area (Å²) in [4.78, 5) is 39.6.